The number of benzene rings is 3. The topological polar surface area (TPSA) is 127 Å². The molecule has 0 unspecified atom stereocenters. The van der Waals surface area contributed by atoms with Crippen LogP contribution in [0.1, 0.15) is 44.3 Å². The molecule has 0 fully saturated rings. The van der Waals surface area contributed by atoms with E-state index in [9.17, 15) is 19.2 Å². The molecular weight excluding hydrogens is 556 g/mol. The van der Waals surface area contributed by atoms with Crippen molar-refractivity contribution in [3.05, 3.63) is 112 Å². The molecule has 2 amide bonds. The largest absolute Gasteiger partial charge is 0.345 e. The Hall–Kier alpha value is -4.96. The van der Waals surface area contributed by atoms with E-state index >= 15 is 0 Å². The van der Waals surface area contributed by atoms with Gasteiger partial charge in [0.05, 0.1) is 11.7 Å². The zero-order chi connectivity index (χ0) is 30.2. The number of amides is 2. The van der Waals surface area contributed by atoms with E-state index in [0.29, 0.717) is 38.5 Å². The van der Waals surface area contributed by atoms with Crippen LogP contribution in [0.25, 0.3) is 11.8 Å². The molecule has 0 spiro atoms. The molecule has 214 valence electrons. The van der Waals surface area contributed by atoms with Crippen LogP contribution in [0.3, 0.4) is 0 Å². The molecule has 0 aliphatic carbocycles. The Morgan fingerprint density at radius 1 is 0.976 bits per heavy atom. The molecule has 1 N–H and O–H groups in total. The van der Waals surface area contributed by atoms with Gasteiger partial charge in [-0.2, -0.15) is 4.68 Å². The summed E-state index contributed by atoms with van der Waals surface area (Å²) in [5.41, 5.74) is 3.65. The van der Waals surface area contributed by atoms with E-state index in [-0.39, 0.29) is 30.3 Å². The summed E-state index contributed by atoms with van der Waals surface area (Å²) in [6, 6.07) is 18.0. The minimum atomic E-state index is -0.891. The van der Waals surface area contributed by atoms with Gasteiger partial charge in [-0.3, -0.25) is 19.2 Å². The summed E-state index contributed by atoms with van der Waals surface area (Å²) in [6.07, 6.45) is 4.52. The predicted molar refractivity (Wildman–Crippen MR) is 158 cm³/mol. The van der Waals surface area contributed by atoms with Crippen LogP contribution >= 0.6 is 11.6 Å². The molecule has 4 rings (SSSR count). The van der Waals surface area contributed by atoms with Crippen molar-refractivity contribution in [1.29, 1.82) is 0 Å². The maximum absolute atomic E-state index is 13.5. The van der Waals surface area contributed by atoms with Gasteiger partial charge in [0, 0.05) is 48.3 Å². The Morgan fingerprint density at radius 2 is 1.74 bits per heavy atom. The van der Waals surface area contributed by atoms with Crippen LogP contribution < -0.4 is 5.32 Å². The van der Waals surface area contributed by atoms with Crippen LogP contribution in [0.2, 0.25) is 5.02 Å². The highest BCUT2D eigenvalue weighted by Gasteiger charge is 2.22. The van der Waals surface area contributed by atoms with Gasteiger partial charge in [0.2, 0.25) is 5.91 Å². The Bertz CT molecular complexity index is 1630. The first-order valence-electron chi connectivity index (χ1n) is 13.1. The lowest BCUT2D eigenvalue weighted by Crippen LogP contribution is -2.42. The number of rotatable bonds is 11. The molecule has 0 aliphatic rings. The van der Waals surface area contributed by atoms with Gasteiger partial charge in [-0.05, 0) is 71.3 Å². The molecule has 11 heteroatoms. The summed E-state index contributed by atoms with van der Waals surface area (Å²) in [6.45, 7) is 1.48. The maximum Gasteiger partial charge on any atom is 0.253 e. The molecule has 10 nitrogen and oxygen atoms in total. The second-order valence-corrected chi connectivity index (χ2v) is 10.3. The van der Waals surface area contributed by atoms with Crippen LogP contribution in [0.5, 0.6) is 0 Å². The third-order valence-corrected chi connectivity index (χ3v) is 6.70. The smallest absolute Gasteiger partial charge is 0.253 e. The highest BCUT2D eigenvalue weighted by Crippen LogP contribution is 2.20. The average molecular weight is 585 g/mol. The van der Waals surface area contributed by atoms with Crippen molar-refractivity contribution < 1.29 is 19.2 Å². The number of aromatic nitrogens is 4. The normalized spacial score (nSPS) is 11.7. The fraction of sp³-hybridized carbons (Fsp3) is 0.194. The average Bonchev–Trinajstić information content (AvgIpc) is 3.50. The number of Topliss-reactive ketones (excluding diaryl/α,β-unsaturated/α-hetero) is 2. The molecular formula is C31H29ClN6O4. The monoisotopic (exact) mass is 584 g/mol. The minimum absolute atomic E-state index is 0.0426. The van der Waals surface area contributed by atoms with Crippen LogP contribution in [-0.2, 0) is 22.4 Å². The highest BCUT2D eigenvalue weighted by molar-refractivity contribution is 6.30. The first-order valence-corrected chi connectivity index (χ1v) is 13.4. The van der Waals surface area contributed by atoms with Gasteiger partial charge in [0.25, 0.3) is 5.91 Å². The van der Waals surface area contributed by atoms with Gasteiger partial charge < -0.3 is 10.2 Å². The molecule has 0 saturated heterocycles. The van der Waals surface area contributed by atoms with Crippen LogP contribution in [0.15, 0.2) is 79.1 Å². The number of carbonyl (C=O) groups excluding carboxylic acids is 4. The number of hydrogen-bond donors (Lipinski definition) is 1. The van der Waals surface area contributed by atoms with E-state index in [1.54, 1.807) is 86.9 Å². The van der Waals surface area contributed by atoms with Gasteiger partial charge in [0.15, 0.2) is 11.6 Å². The Labute approximate surface area is 248 Å². The SMILES string of the molecule is CC(=O)c1ccc(CC(=O)[C@H](Cc2cccc(C(=O)N(C)C)c2)NC(=O)/C=C/c2cc(Cl)ccc2-n2cnnn2)cc1. The van der Waals surface area contributed by atoms with Crippen LogP contribution in [-0.4, -0.2) is 68.6 Å². The van der Waals surface area contributed by atoms with Crippen molar-refractivity contribution in [3.63, 3.8) is 0 Å². The van der Waals surface area contributed by atoms with E-state index in [4.69, 9.17) is 11.6 Å². The minimum Gasteiger partial charge on any atom is -0.345 e. The highest BCUT2D eigenvalue weighted by atomic mass is 35.5. The third-order valence-electron chi connectivity index (χ3n) is 6.46. The summed E-state index contributed by atoms with van der Waals surface area (Å²) in [7, 11) is 3.33. The quantitative estimate of drug-likeness (QED) is 0.210. The number of halogens is 1. The van der Waals surface area contributed by atoms with E-state index in [1.165, 1.54) is 28.9 Å². The number of hydrogen-bond acceptors (Lipinski definition) is 7. The third kappa shape index (κ3) is 7.82. The summed E-state index contributed by atoms with van der Waals surface area (Å²) >= 11 is 6.18. The molecule has 42 heavy (non-hydrogen) atoms. The lowest BCUT2D eigenvalue weighted by Gasteiger charge is -2.18. The summed E-state index contributed by atoms with van der Waals surface area (Å²) < 4.78 is 1.44. The van der Waals surface area contributed by atoms with Gasteiger partial charge in [-0.25, -0.2) is 0 Å². The van der Waals surface area contributed by atoms with Gasteiger partial charge >= 0.3 is 0 Å². The van der Waals surface area contributed by atoms with Gasteiger partial charge in [-0.15, -0.1) is 5.10 Å². The number of nitrogens with one attached hydrogen (secondary N) is 1. The first kappa shape index (κ1) is 30.0. The summed E-state index contributed by atoms with van der Waals surface area (Å²) in [5.74, 6) is -0.964. The number of carbonyl (C=O) groups is 4. The summed E-state index contributed by atoms with van der Waals surface area (Å²) in [4.78, 5) is 52.2. The fourth-order valence-corrected chi connectivity index (χ4v) is 4.46. The molecule has 0 bridgehead atoms. The van der Waals surface area contributed by atoms with Crippen molar-refractivity contribution in [3.8, 4) is 5.69 Å². The zero-order valence-corrected chi connectivity index (χ0v) is 24.1. The molecule has 1 atom stereocenters. The van der Waals surface area contributed by atoms with Crippen molar-refractivity contribution in [2.75, 3.05) is 14.1 Å². The Kier molecular flexibility index (Phi) is 9.72. The Morgan fingerprint density at radius 3 is 2.40 bits per heavy atom. The Balaban J connectivity index is 1.57. The van der Waals surface area contributed by atoms with E-state index in [0.717, 1.165) is 0 Å². The van der Waals surface area contributed by atoms with Gasteiger partial charge in [-0.1, -0.05) is 48.0 Å². The van der Waals surface area contributed by atoms with E-state index in [1.807, 2.05) is 0 Å². The molecule has 4 aromatic rings. The van der Waals surface area contributed by atoms with Crippen LogP contribution in [0, 0.1) is 0 Å². The lowest BCUT2D eigenvalue weighted by molar-refractivity contribution is -0.125. The summed E-state index contributed by atoms with van der Waals surface area (Å²) in [5, 5.41) is 14.5. The zero-order valence-electron chi connectivity index (χ0n) is 23.3. The van der Waals surface area contributed by atoms with Crippen LogP contribution in [0.4, 0.5) is 0 Å². The molecule has 1 heterocycles. The van der Waals surface area contributed by atoms with Crippen molar-refractivity contribution in [1.82, 2.24) is 30.4 Å². The first-order chi connectivity index (χ1) is 20.1. The van der Waals surface area contributed by atoms with Crippen molar-refractivity contribution in [2.45, 2.75) is 25.8 Å². The predicted octanol–water partition coefficient (Wildman–Crippen LogP) is 3.77. The fourth-order valence-electron chi connectivity index (χ4n) is 4.28. The number of nitrogens with zero attached hydrogens (tertiary/aromatic N) is 5. The standard InChI is InChI=1S/C31H29ClN6O4/c1-20(39)23-9-7-21(8-10-23)17-29(40)27(16-22-5-4-6-25(15-22)31(42)37(2)3)34-30(41)14-11-24-18-26(32)12-13-28(24)38-19-33-35-36-38/h4-15,18-19,27H,16-17H2,1-3H3,(H,34,41)/b14-11+/t27-/m0/s1. The molecule has 3 aromatic carbocycles. The van der Waals surface area contributed by atoms with Gasteiger partial charge in [0.1, 0.15) is 6.33 Å². The van der Waals surface area contributed by atoms with E-state index in [2.05, 4.69) is 20.8 Å². The van der Waals surface area contributed by atoms with E-state index < -0.39 is 11.9 Å². The second-order valence-electron chi connectivity index (χ2n) is 9.85. The number of ketones is 2. The maximum atomic E-state index is 13.5. The van der Waals surface area contributed by atoms with Crippen molar-refractivity contribution in [2.24, 2.45) is 0 Å². The molecule has 0 aliphatic heterocycles. The molecule has 0 saturated carbocycles. The lowest BCUT2D eigenvalue weighted by atomic mass is 9.96. The second kappa shape index (κ2) is 13.6. The number of tetrazole rings is 1. The molecule has 0 radical (unpaired) electrons. The van der Waals surface area contributed by atoms with Crippen molar-refractivity contribution >= 4 is 41.1 Å². The molecule has 1 aromatic heterocycles.